The molecule has 1 aromatic rings. The quantitative estimate of drug-likeness (QED) is 0.161. The highest BCUT2D eigenvalue weighted by atomic mass is 35.5. The highest BCUT2D eigenvalue weighted by Crippen LogP contribution is 2.54. The number of aliphatic hydroxyl groups excluding tert-OH is 1. The molecule has 228 valence electrons. The number of nitrogens with zero attached hydrogens (tertiary/aromatic N) is 2. The molecule has 0 spiro atoms. The van der Waals surface area contributed by atoms with E-state index >= 15 is 4.39 Å². The first-order valence-corrected chi connectivity index (χ1v) is 14.7. The van der Waals surface area contributed by atoms with Crippen LogP contribution in [0.3, 0.4) is 0 Å². The van der Waals surface area contributed by atoms with Crippen LogP contribution in [0, 0.1) is 16.7 Å². The van der Waals surface area contributed by atoms with E-state index in [1.54, 1.807) is 41.5 Å². The van der Waals surface area contributed by atoms with Gasteiger partial charge in [0.1, 0.15) is 17.5 Å². The molecule has 1 fully saturated rings. The minimum Gasteiger partial charge on any atom is -0.438 e. The molecule has 2 heterocycles. The van der Waals surface area contributed by atoms with Gasteiger partial charge in [-0.1, -0.05) is 6.92 Å². The van der Waals surface area contributed by atoms with Gasteiger partial charge in [0.15, 0.2) is 12.4 Å². The van der Waals surface area contributed by atoms with Gasteiger partial charge >= 0.3 is 25.2 Å². The van der Waals surface area contributed by atoms with E-state index in [2.05, 4.69) is 4.98 Å². The number of anilines is 1. The molecule has 3 N–H and O–H groups in total. The summed E-state index contributed by atoms with van der Waals surface area (Å²) in [5.41, 5.74) is 0.942. The topological polar surface area (TPSA) is 178 Å². The Labute approximate surface area is 236 Å². The van der Waals surface area contributed by atoms with Crippen LogP contribution in [-0.2, 0) is 37.4 Å². The molecule has 5 atom stereocenters. The summed E-state index contributed by atoms with van der Waals surface area (Å²) in [6, 6.07) is 1.25. The molecular formula is C24H38ClFN3O10P. The molecule has 1 unspecified atom stereocenters. The summed E-state index contributed by atoms with van der Waals surface area (Å²) in [5, 5.41) is 10.9. The van der Waals surface area contributed by atoms with Crippen LogP contribution in [0.2, 0.25) is 0 Å². The van der Waals surface area contributed by atoms with Crippen molar-refractivity contribution in [2.45, 2.75) is 72.6 Å². The number of rotatable bonds is 11. The van der Waals surface area contributed by atoms with Crippen LogP contribution in [0.25, 0.3) is 0 Å². The molecule has 0 amide bonds. The third-order valence-corrected chi connectivity index (χ3v) is 8.59. The van der Waals surface area contributed by atoms with E-state index in [-0.39, 0.29) is 5.82 Å². The van der Waals surface area contributed by atoms with Crippen molar-refractivity contribution >= 4 is 37.0 Å². The fraction of sp³-hybridized carbons (Fsp3) is 0.750. The molecule has 0 aromatic carbocycles. The third kappa shape index (κ3) is 8.01. The SMILES string of the molecule is CC(CP(=O)(OCOC(=O)C(C)(C)C)OCOC(=O)C(C)(C)C)[C@@]1(CCl)O[C@@H](n2ccc(N)nc2=O)[C@H](F)[C@@H]1O. The molecule has 0 bridgehead atoms. The van der Waals surface area contributed by atoms with Crippen LogP contribution in [0.5, 0.6) is 0 Å². The van der Waals surface area contributed by atoms with E-state index in [0.717, 1.165) is 10.8 Å². The Hall–Kier alpha value is -2.09. The van der Waals surface area contributed by atoms with Gasteiger partial charge in [-0.2, -0.15) is 4.98 Å². The lowest BCUT2D eigenvalue weighted by Crippen LogP contribution is -2.50. The number of ether oxygens (including phenoxy) is 3. The van der Waals surface area contributed by atoms with Crippen LogP contribution in [0.4, 0.5) is 10.2 Å². The second-order valence-electron chi connectivity index (χ2n) is 11.6. The number of hydrogen-bond acceptors (Lipinski definition) is 12. The third-order valence-electron chi connectivity index (χ3n) is 6.18. The van der Waals surface area contributed by atoms with Crippen LogP contribution in [0.1, 0.15) is 54.7 Å². The standard InChI is InChI=1S/C24H38ClFN3O10P/c1-14(24(11-25)17(30)16(26)18(39-24)29-9-8-15(27)28-21(29)33)10-40(34,37-12-35-19(31)22(2,3)4)38-13-36-20(32)23(5,6)7/h8-9,14,16-18,30H,10-13H2,1-7H3,(H2,27,28,33)/t14?,16-,17+,18-,24-/m1/s1. The maximum Gasteiger partial charge on any atom is 0.351 e. The fourth-order valence-corrected chi connectivity index (χ4v) is 5.83. The number of halogens is 2. The van der Waals surface area contributed by atoms with Gasteiger partial charge in [0.05, 0.1) is 22.9 Å². The number of esters is 2. The number of aromatic nitrogens is 2. The predicted molar refractivity (Wildman–Crippen MR) is 142 cm³/mol. The number of carbonyl (C=O) groups excluding carboxylic acids is 2. The van der Waals surface area contributed by atoms with Crippen molar-refractivity contribution < 1.29 is 46.9 Å². The highest BCUT2D eigenvalue weighted by molar-refractivity contribution is 7.53. The summed E-state index contributed by atoms with van der Waals surface area (Å²) in [5.74, 6) is -2.92. The van der Waals surface area contributed by atoms with Crippen molar-refractivity contribution in [1.82, 2.24) is 9.55 Å². The summed E-state index contributed by atoms with van der Waals surface area (Å²) >= 11 is 6.17. The molecular weight excluding hydrogens is 576 g/mol. The maximum atomic E-state index is 15.3. The van der Waals surface area contributed by atoms with Gasteiger partial charge in [-0.3, -0.25) is 27.8 Å². The van der Waals surface area contributed by atoms with Crippen LogP contribution >= 0.6 is 19.2 Å². The van der Waals surface area contributed by atoms with Crippen LogP contribution < -0.4 is 11.4 Å². The van der Waals surface area contributed by atoms with Gasteiger partial charge in [0.25, 0.3) is 0 Å². The van der Waals surface area contributed by atoms with Crippen molar-refractivity contribution in [2.24, 2.45) is 16.7 Å². The highest BCUT2D eigenvalue weighted by Gasteiger charge is 2.59. The van der Waals surface area contributed by atoms with Crippen LogP contribution in [0.15, 0.2) is 17.1 Å². The molecule has 13 nitrogen and oxygen atoms in total. The number of nitrogen functional groups attached to an aromatic ring is 1. The largest absolute Gasteiger partial charge is 0.438 e. The average molecular weight is 614 g/mol. The first-order valence-electron chi connectivity index (χ1n) is 12.4. The first-order chi connectivity index (χ1) is 18.3. The molecule has 0 radical (unpaired) electrons. The van der Waals surface area contributed by atoms with Gasteiger partial charge in [-0.25, -0.2) is 9.18 Å². The number of carbonyl (C=O) groups is 2. The Kier molecular flexibility index (Phi) is 10.9. The average Bonchev–Trinajstić information content (AvgIpc) is 3.08. The molecule has 1 aliphatic heterocycles. The van der Waals surface area contributed by atoms with Gasteiger partial charge in [0, 0.05) is 12.1 Å². The summed E-state index contributed by atoms with van der Waals surface area (Å²) in [7, 11) is -4.28. The van der Waals surface area contributed by atoms with E-state index in [0.29, 0.717) is 0 Å². The Balaban J connectivity index is 2.29. The predicted octanol–water partition coefficient (Wildman–Crippen LogP) is 2.99. The second kappa shape index (κ2) is 12.8. The minimum atomic E-state index is -4.28. The summed E-state index contributed by atoms with van der Waals surface area (Å²) in [6.45, 7) is 9.54. The molecule has 0 aliphatic carbocycles. The van der Waals surface area contributed by atoms with E-state index in [9.17, 15) is 24.1 Å². The van der Waals surface area contributed by atoms with Crippen molar-refractivity contribution in [1.29, 1.82) is 0 Å². The Morgan fingerprint density at radius 2 is 1.70 bits per heavy atom. The first kappa shape index (κ1) is 34.1. The van der Waals surface area contributed by atoms with Crippen molar-refractivity contribution in [2.75, 3.05) is 31.4 Å². The molecule has 0 saturated carbocycles. The number of nitrogens with two attached hydrogens (primary N) is 1. The van der Waals surface area contributed by atoms with Crippen molar-refractivity contribution in [3.63, 3.8) is 0 Å². The summed E-state index contributed by atoms with van der Waals surface area (Å²) in [4.78, 5) is 40.1. The molecule has 40 heavy (non-hydrogen) atoms. The Morgan fingerprint density at radius 3 is 2.12 bits per heavy atom. The zero-order chi connectivity index (χ0) is 30.7. The normalized spacial score (nSPS) is 24.5. The molecule has 1 saturated heterocycles. The Morgan fingerprint density at radius 1 is 1.20 bits per heavy atom. The van der Waals surface area contributed by atoms with E-state index in [1.807, 2.05) is 0 Å². The maximum absolute atomic E-state index is 15.3. The lowest BCUT2D eigenvalue weighted by Gasteiger charge is -2.36. The van der Waals surface area contributed by atoms with Gasteiger partial charge < -0.3 is 25.1 Å². The smallest absolute Gasteiger partial charge is 0.351 e. The lowest BCUT2D eigenvalue weighted by molar-refractivity contribution is -0.162. The lowest BCUT2D eigenvalue weighted by atomic mass is 9.86. The van der Waals surface area contributed by atoms with Crippen molar-refractivity contribution in [3.8, 4) is 0 Å². The number of alkyl halides is 2. The fourth-order valence-electron chi connectivity index (χ4n) is 3.65. The van der Waals surface area contributed by atoms with Gasteiger partial charge in [-0.05, 0) is 47.6 Å². The summed E-state index contributed by atoms with van der Waals surface area (Å²) < 4.78 is 56.5. The van der Waals surface area contributed by atoms with Crippen molar-refractivity contribution in [3.05, 3.63) is 22.7 Å². The Bertz CT molecular complexity index is 1130. The van der Waals surface area contributed by atoms with Gasteiger partial charge in [0.2, 0.25) is 13.6 Å². The summed E-state index contributed by atoms with van der Waals surface area (Å²) in [6.07, 6.45) is -5.01. The monoisotopic (exact) mass is 613 g/mol. The molecule has 16 heteroatoms. The van der Waals surface area contributed by atoms with Gasteiger partial charge in [-0.15, -0.1) is 11.6 Å². The van der Waals surface area contributed by atoms with E-state index in [1.165, 1.54) is 13.0 Å². The molecule has 1 aliphatic rings. The zero-order valence-corrected chi connectivity index (χ0v) is 25.2. The number of hydrogen-bond donors (Lipinski definition) is 2. The second-order valence-corrected chi connectivity index (χ2v) is 14.0. The molecule has 2 rings (SSSR count). The van der Waals surface area contributed by atoms with E-state index in [4.69, 9.17) is 40.6 Å². The molecule has 1 aromatic heterocycles. The number of aliphatic hydroxyl groups is 1. The van der Waals surface area contributed by atoms with E-state index < -0.39 is 91.7 Å². The van der Waals surface area contributed by atoms with Crippen LogP contribution in [-0.4, -0.2) is 70.1 Å². The minimum absolute atomic E-state index is 0.0956. The zero-order valence-electron chi connectivity index (χ0n) is 23.6.